The molecule has 7 nitrogen and oxygen atoms in total. The van der Waals surface area contributed by atoms with Crippen molar-refractivity contribution in [3.05, 3.63) is 89.5 Å². The van der Waals surface area contributed by atoms with Gasteiger partial charge in [-0.25, -0.2) is 0 Å². The number of benzene rings is 3. The molecule has 2 amide bonds. The minimum absolute atomic E-state index is 0.0236. The molecule has 3 aromatic rings. The molecule has 3 heterocycles. The third kappa shape index (κ3) is 4.83. The number of hydrogen-bond donors (Lipinski definition) is 1. The Labute approximate surface area is 254 Å². The van der Waals surface area contributed by atoms with E-state index in [1.807, 2.05) is 70.5 Å². The fourth-order valence-corrected chi connectivity index (χ4v) is 7.91. The quantitative estimate of drug-likeness (QED) is 0.354. The van der Waals surface area contributed by atoms with Crippen molar-refractivity contribution in [3.63, 3.8) is 0 Å². The lowest BCUT2D eigenvalue weighted by Crippen LogP contribution is -2.45. The molecule has 1 N–H and O–H groups in total. The van der Waals surface area contributed by atoms with Crippen molar-refractivity contribution in [2.45, 2.75) is 70.1 Å². The molecule has 3 aliphatic rings. The molecule has 0 saturated carbocycles. The Kier molecular flexibility index (Phi) is 7.82. The summed E-state index contributed by atoms with van der Waals surface area (Å²) in [6, 6.07) is 24.1. The van der Waals surface area contributed by atoms with E-state index in [1.54, 1.807) is 7.11 Å². The molecule has 43 heavy (non-hydrogen) atoms. The van der Waals surface area contributed by atoms with E-state index in [2.05, 4.69) is 32.9 Å². The third-order valence-electron chi connectivity index (χ3n) is 10.0. The maximum atomic E-state index is 14.7. The summed E-state index contributed by atoms with van der Waals surface area (Å²) < 4.78 is 12.3. The number of anilines is 2. The van der Waals surface area contributed by atoms with Crippen LogP contribution in [-0.2, 0) is 31.9 Å². The summed E-state index contributed by atoms with van der Waals surface area (Å²) in [5, 5.41) is 10.1. The fourth-order valence-electron chi connectivity index (χ4n) is 7.91. The normalized spacial score (nSPS) is 25.5. The fraction of sp³-hybridized carbons (Fsp3) is 0.444. The van der Waals surface area contributed by atoms with E-state index in [-0.39, 0.29) is 41.8 Å². The second kappa shape index (κ2) is 11.4. The minimum Gasteiger partial charge on any atom is -0.497 e. The van der Waals surface area contributed by atoms with E-state index in [1.165, 1.54) is 0 Å². The van der Waals surface area contributed by atoms with E-state index in [4.69, 9.17) is 9.47 Å². The number of carbonyl (C=O) groups excluding carboxylic acids is 2. The van der Waals surface area contributed by atoms with Crippen LogP contribution in [0.3, 0.4) is 0 Å². The van der Waals surface area contributed by atoms with Crippen LogP contribution >= 0.6 is 0 Å². The number of piperidine rings is 1. The first-order chi connectivity index (χ1) is 20.7. The standard InChI is InChI=1S/C36H42N2O5/c1-24-33(35(2,3)26-15-17-28(42-4)18-16-26)31(19-21-39)43-36(24)29-12-5-6-13-30(29)38(34(36)41)23-25-10-9-11-27(22-25)37-20-8-7-14-32(37)40/h5-6,9-13,15-18,22,24,31,33,39H,7-8,14,19-21,23H2,1-4H3/t24-,31+,33-,36+/m1/s1. The number of aliphatic hydroxyl groups excluding tert-OH is 1. The van der Waals surface area contributed by atoms with E-state index < -0.39 is 5.60 Å². The Balaban J connectivity index is 1.36. The Morgan fingerprint density at radius 2 is 1.79 bits per heavy atom. The SMILES string of the molecule is COc1ccc(C(C)(C)[C@H]2[C@H](CCO)O[C@@]3(C(=O)N(Cc4cccc(N5CCCCC5=O)c4)c4ccccc43)[C@@H]2C)cc1. The zero-order valence-electron chi connectivity index (χ0n) is 25.6. The topological polar surface area (TPSA) is 79.3 Å². The number of aliphatic hydroxyl groups is 1. The Morgan fingerprint density at radius 3 is 2.51 bits per heavy atom. The van der Waals surface area contributed by atoms with Crippen molar-refractivity contribution >= 4 is 23.2 Å². The van der Waals surface area contributed by atoms with Crippen LogP contribution in [0.15, 0.2) is 72.8 Å². The monoisotopic (exact) mass is 582 g/mol. The number of amides is 2. The summed E-state index contributed by atoms with van der Waals surface area (Å²) in [5.74, 6) is 0.661. The molecule has 6 rings (SSSR count). The first-order valence-corrected chi connectivity index (χ1v) is 15.5. The maximum absolute atomic E-state index is 14.7. The van der Waals surface area contributed by atoms with E-state index in [9.17, 15) is 14.7 Å². The van der Waals surface area contributed by atoms with Crippen LogP contribution in [0, 0.1) is 11.8 Å². The molecule has 1 spiro atoms. The summed E-state index contributed by atoms with van der Waals surface area (Å²) >= 11 is 0. The van der Waals surface area contributed by atoms with E-state index in [0.29, 0.717) is 19.4 Å². The van der Waals surface area contributed by atoms with Crippen LogP contribution in [-0.4, -0.2) is 43.3 Å². The molecule has 226 valence electrons. The average molecular weight is 583 g/mol. The molecule has 0 radical (unpaired) electrons. The second-order valence-electron chi connectivity index (χ2n) is 12.7. The second-order valence-corrected chi connectivity index (χ2v) is 12.7. The van der Waals surface area contributed by atoms with Crippen molar-refractivity contribution in [2.75, 3.05) is 30.1 Å². The van der Waals surface area contributed by atoms with Crippen molar-refractivity contribution in [1.29, 1.82) is 0 Å². The van der Waals surface area contributed by atoms with Gasteiger partial charge in [0.15, 0.2) is 5.60 Å². The van der Waals surface area contributed by atoms with Gasteiger partial charge in [0.05, 0.1) is 25.4 Å². The van der Waals surface area contributed by atoms with Gasteiger partial charge in [-0.05, 0) is 66.1 Å². The first-order valence-electron chi connectivity index (χ1n) is 15.5. The lowest BCUT2D eigenvalue weighted by Gasteiger charge is -2.38. The molecule has 3 aromatic carbocycles. The van der Waals surface area contributed by atoms with Crippen LogP contribution in [0.5, 0.6) is 5.75 Å². The predicted octanol–water partition coefficient (Wildman–Crippen LogP) is 5.97. The summed E-state index contributed by atoms with van der Waals surface area (Å²) in [4.78, 5) is 31.1. The number of carbonyl (C=O) groups is 2. The number of fused-ring (bicyclic) bond motifs is 2. The number of nitrogens with zero attached hydrogens (tertiary/aromatic N) is 2. The first kappa shape index (κ1) is 29.4. The number of hydrogen-bond acceptors (Lipinski definition) is 5. The van der Waals surface area contributed by atoms with E-state index >= 15 is 0 Å². The highest BCUT2D eigenvalue weighted by molar-refractivity contribution is 6.07. The largest absolute Gasteiger partial charge is 0.497 e. The van der Waals surface area contributed by atoms with Crippen molar-refractivity contribution in [1.82, 2.24) is 0 Å². The summed E-state index contributed by atoms with van der Waals surface area (Å²) in [6.45, 7) is 7.62. The van der Waals surface area contributed by atoms with Gasteiger partial charge in [0.25, 0.3) is 5.91 Å². The lowest BCUT2D eigenvalue weighted by atomic mass is 9.63. The van der Waals surface area contributed by atoms with Crippen LogP contribution in [0.4, 0.5) is 11.4 Å². The van der Waals surface area contributed by atoms with Gasteiger partial charge in [0.2, 0.25) is 5.91 Å². The highest BCUT2D eigenvalue weighted by Crippen LogP contribution is 2.59. The molecule has 0 unspecified atom stereocenters. The third-order valence-corrected chi connectivity index (χ3v) is 10.0. The molecule has 0 aliphatic carbocycles. The average Bonchev–Trinajstić information content (AvgIpc) is 3.44. The Hall–Kier alpha value is -3.68. The van der Waals surface area contributed by atoms with Gasteiger partial charge in [0.1, 0.15) is 5.75 Å². The molecular formula is C36H42N2O5. The van der Waals surface area contributed by atoms with Gasteiger partial charge in [-0.3, -0.25) is 9.59 Å². The number of rotatable bonds is 8. The molecule has 0 bridgehead atoms. The maximum Gasteiger partial charge on any atom is 0.264 e. The van der Waals surface area contributed by atoms with Gasteiger partial charge in [-0.2, -0.15) is 0 Å². The van der Waals surface area contributed by atoms with Crippen LogP contribution < -0.4 is 14.5 Å². The molecule has 0 aromatic heterocycles. The van der Waals surface area contributed by atoms with Gasteiger partial charge in [-0.15, -0.1) is 0 Å². The van der Waals surface area contributed by atoms with Gasteiger partial charge in [-0.1, -0.05) is 63.2 Å². The number of para-hydroxylation sites is 1. The summed E-state index contributed by atoms with van der Waals surface area (Å²) in [5.41, 5.74) is 3.19. The molecular weight excluding hydrogens is 540 g/mol. The van der Waals surface area contributed by atoms with Gasteiger partial charge >= 0.3 is 0 Å². The molecule has 2 fully saturated rings. The zero-order chi connectivity index (χ0) is 30.4. The van der Waals surface area contributed by atoms with Crippen molar-refractivity contribution in [3.8, 4) is 5.75 Å². The Bertz CT molecular complexity index is 1500. The number of methoxy groups -OCH3 is 1. The minimum atomic E-state index is -1.16. The van der Waals surface area contributed by atoms with Gasteiger partial charge in [0, 0.05) is 42.7 Å². The smallest absolute Gasteiger partial charge is 0.264 e. The summed E-state index contributed by atoms with van der Waals surface area (Å²) in [6.07, 6.45) is 2.62. The molecule has 4 atom stereocenters. The van der Waals surface area contributed by atoms with Gasteiger partial charge < -0.3 is 24.4 Å². The predicted molar refractivity (Wildman–Crippen MR) is 167 cm³/mol. The number of ether oxygens (including phenoxy) is 2. The van der Waals surface area contributed by atoms with Crippen LogP contribution in [0.1, 0.15) is 63.1 Å². The molecule has 3 aliphatic heterocycles. The zero-order valence-corrected chi connectivity index (χ0v) is 25.6. The highest BCUT2D eigenvalue weighted by Gasteiger charge is 2.65. The Morgan fingerprint density at radius 1 is 1.02 bits per heavy atom. The molecule has 7 heteroatoms. The highest BCUT2D eigenvalue weighted by atomic mass is 16.5. The van der Waals surface area contributed by atoms with Crippen LogP contribution in [0.2, 0.25) is 0 Å². The van der Waals surface area contributed by atoms with Crippen LogP contribution in [0.25, 0.3) is 0 Å². The van der Waals surface area contributed by atoms with Crippen molar-refractivity contribution < 1.29 is 24.2 Å². The lowest BCUT2D eigenvalue weighted by molar-refractivity contribution is -0.146. The van der Waals surface area contributed by atoms with E-state index in [0.717, 1.165) is 53.2 Å². The van der Waals surface area contributed by atoms with Crippen molar-refractivity contribution in [2.24, 2.45) is 11.8 Å². The summed E-state index contributed by atoms with van der Waals surface area (Å²) in [7, 11) is 1.66. The molecule has 2 saturated heterocycles.